The van der Waals surface area contributed by atoms with Crippen molar-refractivity contribution < 1.29 is 8.42 Å². The van der Waals surface area contributed by atoms with Crippen LogP contribution in [0.25, 0.3) is 0 Å². The van der Waals surface area contributed by atoms with Crippen molar-refractivity contribution in [2.75, 3.05) is 12.0 Å². The molecule has 0 amide bonds. The monoisotopic (exact) mass is 174 g/mol. The van der Waals surface area contributed by atoms with E-state index in [1.807, 2.05) is 19.1 Å². The van der Waals surface area contributed by atoms with Gasteiger partial charge in [0.1, 0.15) is 0 Å². The molecule has 0 rings (SSSR count). The van der Waals surface area contributed by atoms with Crippen LogP contribution in [0.4, 0.5) is 0 Å². The van der Waals surface area contributed by atoms with Crippen molar-refractivity contribution in [1.82, 2.24) is 0 Å². The van der Waals surface area contributed by atoms with E-state index in [2.05, 4.69) is 0 Å². The highest BCUT2D eigenvalue weighted by molar-refractivity contribution is 7.90. The van der Waals surface area contributed by atoms with Crippen molar-refractivity contribution in [1.29, 1.82) is 0 Å². The number of sulfone groups is 1. The molecule has 0 unspecified atom stereocenters. The summed E-state index contributed by atoms with van der Waals surface area (Å²) in [4.78, 5) is 0. The van der Waals surface area contributed by atoms with Gasteiger partial charge in [0, 0.05) is 6.26 Å². The van der Waals surface area contributed by atoms with E-state index < -0.39 is 9.84 Å². The van der Waals surface area contributed by atoms with Crippen molar-refractivity contribution >= 4 is 9.84 Å². The summed E-state index contributed by atoms with van der Waals surface area (Å²) < 4.78 is 21.5. The molecule has 0 saturated carbocycles. The molecule has 0 aromatic rings. The molecule has 0 heterocycles. The quantitative estimate of drug-likeness (QED) is 0.608. The molecule has 0 aliphatic heterocycles. The maximum Gasteiger partial charge on any atom is 0.151 e. The van der Waals surface area contributed by atoms with Crippen LogP contribution in [0.1, 0.15) is 13.8 Å². The molecule has 0 radical (unpaired) electrons. The SMILES string of the molecule is C/C=C\C=C(\C)CS(C)(=O)=O. The third kappa shape index (κ3) is 7.33. The number of allylic oxidation sites excluding steroid dienone is 3. The Kier molecular flexibility index (Phi) is 4.11. The predicted molar refractivity (Wildman–Crippen MR) is 48.3 cm³/mol. The second-order valence-electron chi connectivity index (χ2n) is 2.61. The molecule has 0 saturated heterocycles. The summed E-state index contributed by atoms with van der Waals surface area (Å²) >= 11 is 0. The summed E-state index contributed by atoms with van der Waals surface area (Å²) in [7, 11) is -2.86. The van der Waals surface area contributed by atoms with Crippen LogP contribution in [0.5, 0.6) is 0 Å². The van der Waals surface area contributed by atoms with Gasteiger partial charge < -0.3 is 0 Å². The first-order valence-electron chi connectivity index (χ1n) is 3.42. The molecule has 0 aliphatic rings. The lowest BCUT2D eigenvalue weighted by molar-refractivity contribution is 0.604. The van der Waals surface area contributed by atoms with Gasteiger partial charge in [-0.15, -0.1) is 0 Å². The maximum atomic E-state index is 10.7. The van der Waals surface area contributed by atoms with E-state index in [4.69, 9.17) is 0 Å². The highest BCUT2D eigenvalue weighted by Crippen LogP contribution is 1.97. The fraction of sp³-hybridized carbons (Fsp3) is 0.500. The minimum atomic E-state index is -2.86. The van der Waals surface area contributed by atoms with E-state index in [-0.39, 0.29) is 5.75 Å². The summed E-state index contributed by atoms with van der Waals surface area (Å²) in [6.07, 6.45) is 6.74. The molecule has 0 fully saturated rings. The van der Waals surface area contributed by atoms with Crippen molar-refractivity contribution in [2.45, 2.75) is 13.8 Å². The van der Waals surface area contributed by atoms with Crippen LogP contribution in [0.3, 0.4) is 0 Å². The van der Waals surface area contributed by atoms with Gasteiger partial charge in [-0.1, -0.05) is 23.8 Å². The highest BCUT2D eigenvalue weighted by Gasteiger charge is 2.01. The fourth-order valence-corrected chi connectivity index (χ4v) is 1.65. The molecule has 64 valence electrons. The van der Waals surface area contributed by atoms with Gasteiger partial charge in [-0.3, -0.25) is 0 Å². The third-order valence-electron chi connectivity index (χ3n) is 1.06. The van der Waals surface area contributed by atoms with Crippen molar-refractivity contribution in [3.63, 3.8) is 0 Å². The van der Waals surface area contributed by atoms with E-state index in [1.165, 1.54) is 6.26 Å². The molecular formula is C8H14O2S. The van der Waals surface area contributed by atoms with Crippen molar-refractivity contribution in [2.24, 2.45) is 0 Å². The van der Waals surface area contributed by atoms with Crippen LogP contribution in [-0.2, 0) is 9.84 Å². The Balaban J connectivity index is 4.19. The fourth-order valence-electron chi connectivity index (χ4n) is 0.722. The van der Waals surface area contributed by atoms with E-state index in [0.29, 0.717) is 0 Å². The Morgan fingerprint density at radius 3 is 2.36 bits per heavy atom. The molecular weight excluding hydrogens is 160 g/mol. The van der Waals surface area contributed by atoms with Crippen molar-refractivity contribution in [3.05, 3.63) is 23.8 Å². The number of hydrogen-bond acceptors (Lipinski definition) is 2. The predicted octanol–water partition coefficient (Wildman–Crippen LogP) is 1.55. The largest absolute Gasteiger partial charge is 0.229 e. The van der Waals surface area contributed by atoms with Crippen LogP contribution in [0, 0.1) is 0 Å². The summed E-state index contributed by atoms with van der Waals surface area (Å²) in [6.45, 7) is 3.70. The molecule has 11 heavy (non-hydrogen) atoms. The zero-order valence-corrected chi connectivity index (χ0v) is 7.98. The molecule has 3 heteroatoms. The standard InChI is InChI=1S/C8H14O2S/c1-4-5-6-8(2)7-11(3,9)10/h4-6H,7H2,1-3H3/b5-4-,8-6-. The van der Waals surface area contributed by atoms with Gasteiger partial charge in [0.05, 0.1) is 5.75 Å². The Hall–Kier alpha value is -0.570. The zero-order valence-electron chi connectivity index (χ0n) is 7.16. The second kappa shape index (κ2) is 4.34. The lowest BCUT2D eigenvalue weighted by atomic mass is 10.3. The van der Waals surface area contributed by atoms with Crippen LogP contribution in [0.15, 0.2) is 23.8 Å². The Morgan fingerprint density at radius 1 is 1.45 bits per heavy atom. The third-order valence-corrected chi connectivity index (χ3v) is 2.04. The van der Waals surface area contributed by atoms with Gasteiger partial charge in [0.25, 0.3) is 0 Å². The van der Waals surface area contributed by atoms with Gasteiger partial charge in [-0.2, -0.15) is 0 Å². The van der Waals surface area contributed by atoms with E-state index >= 15 is 0 Å². The minimum Gasteiger partial charge on any atom is -0.229 e. The van der Waals surface area contributed by atoms with Gasteiger partial charge >= 0.3 is 0 Å². The average Bonchev–Trinajstić information content (AvgIpc) is 1.79. The summed E-state index contributed by atoms with van der Waals surface area (Å²) in [5, 5.41) is 0. The van der Waals surface area contributed by atoms with E-state index in [9.17, 15) is 8.42 Å². The van der Waals surface area contributed by atoms with Crippen LogP contribution >= 0.6 is 0 Å². The van der Waals surface area contributed by atoms with Crippen molar-refractivity contribution in [3.8, 4) is 0 Å². The second-order valence-corrected chi connectivity index (χ2v) is 4.75. The zero-order chi connectivity index (χ0) is 8.91. The average molecular weight is 174 g/mol. The highest BCUT2D eigenvalue weighted by atomic mass is 32.2. The lowest BCUT2D eigenvalue weighted by Gasteiger charge is -1.95. The smallest absolute Gasteiger partial charge is 0.151 e. The first-order valence-corrected chi connectivity index (χ1v) is 5.48. The molecule has 0 atom stereocenters. The van der Waals surface area contributed by atoms with E-state index in [0.717, 1.165) is 5.57 Å². The molecule has 2 nitrogen and oxygen atoms in total. The summed E-state index contributed by atoms with van der Waals surface area (Å²) in [6, 6.07) is 0. The lowest BCUT2D eigenvalue weighted by Crippen LogP contribution is -2.03. The Morgan fingerprint density at radius 2 is 2.00 bits per heavy atom. The van der Waals surface area contributed by atoms with E-state index in [1.54, 1.807) is 13.0 Å². The first-order chi connectivity index (χ1) is 4.95. The van der Waals surface area contributed by atoms with Gasteiger partial charge in [0.15, 0.2) is 9.84 Å². The minimum absolute atomic E-state index is 0.150. The number of hydrogen-bond donors (Lipinski definition) is 0. The molecule has 0 aromatic carbocycles. The molecule has 0 aliphatic carbocycles. The van der Waals surface area contributed by atoms with Gasteiger partial charge in [-0.25, -0.2) is 8.42 Å². The van der Waals surface area contributed by atoms with Crippen LogP contribution in [-0.4, -0.2) is 20.4 Å². The molecule has 0 N–H and O–H groups in total. The Labute approximate surface area is 68.5 Å². The first kappa shape index (κ1) is 10.4. The molecule has 0 spiro atoms. The number of rotatable bonds is 3. The normalized spacial score (nSPS) is 14.3. The molecule has 0 aromatic heterocycles. The van der Waals surface area contributed by atoms with Crippen LogP contribution < -0.4 is 0 Å². The maximum absolute atomic E-state index is 10.7. The van der Waals surface area contributed by atoms with Gasteiger partial charge in [0.2, 0.25) is 0 Å². The summed E-state index contributed by atoms with van der Waals surface area (Å²) in [5.74, 6) is 0.150. The topological polar surface area (TPSA) is 34.1 Å². The molecule has 0 bridgehead atoms. The Bertz CT molecular complexity index is 258. The summed E-state index contributed by atoms with van der Waals surface area (Å²) in [5.41, 5.74) is 0.866. The van der Waals surface area contributed by atoms with Gasteiger partial charge in [-0.05, 0) is 13.8 Å². The van der Waals surface area contributed by atoms with Crippen LogP contribution in [0.2, 0.25) is 0 Å².